The zero-order chi connectivity index (χ0) is 15.5. The summed E-state index contributed by atoms with van der Waals surface area (Å²) in [5.74, 6) is 1.15. The summed E-state index contributed by atoms with van der Waals surface area (Å²) in [6.07, 6.45) is 0.729. The van der Waals surface area contributed by atoms with Crippen molar-refractivity contribution in [3.63, 3.8) is 0 Å². The van der Waals surface area contributed by atoms with Gasteiger partial charge in [-0.3, -0.25) is 4.57 Å². The predicted molar refractivity (Wildman–Crippen MR) is 83.2 cm³/mol. The molecule has 5 nitrogen and oxygen atoms in total. The van der Waals surface area contributed by atoms with E-state index in [0.29, 0.717) is 11.6 Å². The van der Waals surface area contributed by atoms with E-state index in [4.69, 9.17) is 4.74 Å². The standard InChI is InChI=1S/C17H17N3O2/c1-12-8-9-15(22-2)14(10-12)20-11-18-19-17(20)16(21)13-6-4-3-5-7-13/h3-11,16,21H,1-2H3/t16-/m1/s1. The Morgan fingerprint density at radius 3 is 2.64 bits per heavy atom. The zero-order valence-corrected chi connectivity index (χ0v) is 12.5. The van der Waals surface area contributed by atoms with Crippen LogP contribution in [0.25, 0.3) is 5.69 Å². The molecule has 112 valence electrons. The van der Waals surface area contributed by atoms with Crippen LogP contribution in [0.3, 0.4) is 0 Å². The third-order valence-electron chi connectivity index (χ3n) is 3.53. The number of aryl methyl sites for hydroxylation is 1. The Bertz CT molecular complexity index is 769. The van der Waals surface area contributed by atoms with E-state index >= 15 is 0 Å². The number of benzene rings is 2. The van der Waals surface area contributed by atoms with E-state index in [-0.39, 0.29) is 0 Å². The van der Waals surface area contributed by atoms with Gasteiger partial charge in [0.05, 0.1) is 12.8 Å². The number of hydrogen-bond donors (Lipinski definition) is 1. The van der Waals surface area contributed by atoms with E-state index in [1.165, 1.54) is 0 Å². The Hall–Kier alpha value is -2.66. The van der Waals surface area contributed by atoms with Crippen LogP contribution in [0.4, 0.5) is 0 Å². The lowest BCUT2D eigenvalue weighted by Crippen LogP contribution is -2.09. The molecule has 0 saturated carbocycles. The average molecular weight is 295 g/mol. The first-order chi connectivity index (χ1) is 10.7. The molecule has 1 N–H and O–H groups in total. The van der Waals surface area contributed by atoms with Crippen LogP contribution >= 0.6 is 0 Å². The monoisotopic (exact) mass is 295 g/mol. The molecule has 0 aliphatic heterocycles. The fourth-order valence-corrected chi connectivity index (χ4v) is 2.39. The van der Waals surface area contributed by atoms with E-state index < -0.39 is 6.10 Å². The lowest BCUT2D eigenvalue weighted by molar-refractivity contribution is 0.207. The second-order valence-electron chi connectivity index (χ2n) is 5.05. The summed E-state index contributed by atoms with van der Waals surface area (Å²) in [6, 6.07) is 15.2. The van der Waals surface area contributed by atoms with Crippen LogP contribution in [0, 0.1) is 6.92 Å². The summed E-state index contributed by atoms with van der Waals surface area (Å²) in [5.41, 5.74) is 2.66. The molecule has 0 bridgehead atoms. The van der Waals surface area contributed by atoms with Crippen molar-refractivity contribution in [3.8, 4) is 11.4 Å². The van der Waals surface area contributed by atoms with Crippen LogP contribution in [-0.4, -0.2) is 27.0 Å². The van der Waals surface area contributed by atoms with E-state index in [0.717, 1.165) is 16.8 Å². The highest BCUT2D eigenvalue weighted by atomic mass is 16.5. The van der Waals surface area contributed by atoms with Crippen LogP contribution < -0.4 is 4.74 Å². The first kappa shape index (κ1) is 14.3. The molecule has 0 unspecified atom stereocenters. The molecule has 0 radical (unpaired) electrons. The largest absolute Gasteiger partial charge is 0.495 e. The topological polar surface area (TPSA) is 60.2 Å². The van der Waals surface area contributed by atoms with Gasteiger partial charge < -0.3 is 9.84 Å². The summed E-state index contributed by atoms with van der Waals surface area (Å²) in [4.78, 5) is 0. The molecule has 22 heavy (non-hydrogen) atoms. The van der Waals surface area contributed by atoms with Gasteiger partial charge in [-0.05, 0) is 30.2 Å². The van der Waals surface area contributed by atoms with Crippen molar-refractivity contribution in [2.45, 2.75) is 13.0 Å². The summed E-state index contributed by atoms with van der Waals surface area (Å²) < 4.78 is 7.16. The minimum atomic E-state index is -0.853. The zero-order valence-electron chi connectivity index (χ0n) is 12.5. The van der Waals surface area contributed by atoms with Gasteiger partial charge in [-0.15, -0.1) is 10.2 Å². The van der Waals surface area contributed by atoms with Crippen molar-refractivity contribution in [2.75, 3.05) is 7.11 Å². The highest BCUT2D eigenvalue weighted by Crippen LogP contribution is 2.28. The number of aliphatic hydroxyl groups excluding tert-OH is 1. The normalized spacial score (nSPS) is 12.1. The summed E-state index contributed by atoms with van der Waals surface area (Å²) in [5, 5.41) is 18.6. The smallest absolute Gasteiger partial charge is 0.171 e. The van der Waals surface area contributed by atoms with Gasteiger partial charge in [-0.1, -0.05) is 36.4 Å². The Labute approximate surface area is 128 Å². The van der Waals surface area contributed by atoms with Crippen molar-refractivity contribution >= 4 is 0 Å². The molecule has 0 aliphatic rings. The van der Waals surface area contributed by atoms with Gasteiger partial charge in [0.1, 0.15) is 18.2 Å². The average Bonchev–Trinajstić information content (AvgIpc) is 3.04. The molecule has 0 fully saturated rings. The molecule has 5 heteroatoms. The summed E-state index contributed by atoms with van der Waals surface area (Å²) in [6.45, 7) is 2.00. The van der Waals surface area contributed by atoms with Crippen molar-refractivity contribution in [2.24, 2.45) is 0 Å². The number of nitrogens with zero attached hydrogens (tertiary/aromatic N) is 3. The third-order valence-corrected chi connectivity index (χ3v) is 3.53. The predicted octanol–water partition coefficient (Wildman–Crippen LogP) is 2.67. The lowest BCUT2D eigenvalue weighted by Gasteiger charge is -2.15. The molecule has 1 aromatic heterocycles. The number of hydrogen-bond acceptors (Lipinski definition) is 4. The van der Waals surface area contributed by atoms with Gasteiger partial charge in [0, 0.05) is 0 Å². The van der Waals surface area contributed by atoms with Crippen LogP contribution in [0.5, 0.6) is 5.75 Å². The Morgan fingerprint density at radius 2 is 1.91 bits per heavy atom. The molecule has 0 amide bonds. The van der Waals surface area contributed by atoms with Gasteiger partial charge in [-0.2, -0.15) is 0 Å². The van der Waals surface area contributed by atoms with Gasteiger partial charge >= 0.3 is 0 Å². The van der Waals surface area contributed by atoms with Gasteiger partial charge in [0.15, 0.2) is 5.82 Å². The third kappa shape index (κ3) is 2.58. The van der Waals surface area contributed by atoms with Crippen LogP contribution in [-0.2, 0) is 0 Å². The van der Waals surface area contributed by atoms with Crippen molar-refractivity contribution in [1.82, 2.24) is 14.8 Å². The fraction of sp³-hybridized carbons (Fsp3) is 0.176. The van der Waals surface area contributed by atoms with E-state index in [1.54, 1.807) is 18.0 Å². The first-order valence-corrected chi connectivity index (χ1v) is 6.98. The molecule has 3 rings (SSSR count). The number of methoxy groups -OCH3 is 1. The van der Waals surface area contributed by atoms with Gasteiger partial charge in [0.25, 0.3) is 0 Å². The second kappa shape index (κ2) is 5.99. The Kier molecular flexibility index (Phi) is 3.89. The summed E-state index contributed by atoms with van der Waals surface area (Å²) >= 11 is 0. The molecular formula is C17H17N3O2. The maximum Gasteiger partial charge on any atom is 0.171 e. The molecule has 0 aliphatic carbocycles. The SMILES string of the molecule is COc1ccc(C)cc1-n1cnnc1[C@H](O)c1ccccc1. The summed E-state index contributed by atoms with van der Waals surface area (Å²) in [7, 11) is 1.62. The maximum atomic E-state index is 10.6. The van der Waals surface area contributed by atoms with Crippen LogP contribution in [0.1, 0.15) is 23.1 Å². The van der Waals surface area contributed by atoms with Gasteiger partial charge in [-0.25, -0.2) is 0 Å². The minimum absolute atomic E-state index is 0.454. The quantitative estimate of drug-likeness (QED) is 0.804. The molecular weight excluding hydrogens is 278 g/mol. The maximum absolute atomic E-state index is 10.6. The van der Waals surface area contributed by atoms with Crippen LogP contribution in [0.2, 0.25) is 0 Å². The van der Waals surface area contributed by atoms with E-state index in [2.05, 4.69) is 10.2 Å². The number of aromatic nitrogens is 3. The number of aliphatic hydroxyl groups is 1. The molecule has 0 spiro atoms. The van der Waals surface area contributed by atoms with Crippen molar-refractivity contribution in [3.05, 3.63) is 71.8 Å². The Morgan fingerprint density at radius 1 is 1.14 bits per heavy atom. The van der Waals surface area contributed by atoms with Crippen molar-refractivity contribution < 1.29 is 9.84 Å². The molecule has 2 aromatic carbocycles. The molecule has 0 saturated heterocycles. The van der Waals surface area contributed by atoms with E-state index in [1.807, 2.05) is 55.5 Å². The molecule has 3 aromatic rings. The lowest BCUT2D eigenvalue weighted by atomic mass is 10.1. The number of rotatable bonds is 4. The number of ether oxygens (including phenoxy) is 1. The highest BCUT2D eigenvalue weighted by molar-refractivity contribution is 5.49. The molecule has 1 atom stereocenters. The van der Waals surface area contributed by atoms with E-state index in [9.17, 15) is 5.11 Å². The highest BCUT2D eigenvalue weighted by Gasteiger charge is 2.19. The van der Waals surface area contributed by atoms with Gasteiger partial charge in [0.2, 0.25) is 0 Å². The minimum Gasteiger partial charge on any atom is -0.495 e. The fourth-order valence-electron chi connectivity index (χ4n) is 2.39. The van der Waals surface area contributed by atoms with Crippen molar-refractivity contribution in [1.29, 1.82) is 0 Å². The second-order valence-corrected chi connectivity index (χ2v) is 5.05. The van der Waals surface area contributed by atoms with Crippen LogP contribution in [0.15, 0.2) is 54.9 Å². The first-order valence-electron chi connectivity index (χ1n) is 6.98. The molecule has 1 heterocycles. The Balaban J connectivity index is 2.08.